The molecule has 0 saturated carbocycles. The van der Waals surface area contributed by atoms with Crippen LogP contribution >= 0.6 is 0 Å². The molecule has 0 amide bonds. The Kier molecular flexibility index (Phi) is 26.2. The second-order valence-electron chi connectivity index (χ2n) is 4.58. The van der Waals surface area contributed by atoms with Crippen LogP contribution in [0.1, 0.15) is 0 Å². The zero-order valence-corrected chi connectivity index (χ0v) is 20.3. The number of hydrogen-bond acceptors (Lipinski definition) is 18. The molecule has 0 spiro atoms. The molecule has 0 aromatic heterocycles. The molecule has 0 aromatic rings. The predicted molar refractivity (Wildman–Crippen MR) is 71.8 cm³/mol. The summed E-state index contributed by atoms with van der Waals surface area (Å²) in [7, 11) is 0. The molecule has 0 aliphatic heterocycles. The van der Waals surface area contributed by atoms with Gasteiger partial charge in [-0.25, -0.2) is 0 Å². The number of aliphatic hydroxyl groups is 6. The molecule has 0 heterocycles. The number of carboxylic acids is 6. The summed E-state index contributed by atoms with van der Waals surface area (Å²) >= 11 is 0. The molecule has 6 unspecified atom stereocenters. The van der Waals surface area contributed by atoms with Gasteiger partial charge in [-0.15, -0.1) is 0 Å². The normalized spacial score (nSPS) is 14.8. The predicted octanol–water partition coefficient (Wildman–Crippen LogP) is -14.8. The summed E-state index contributed by atoms with van der Waals surface area (Å²) in [5.41, 5.74) is 0. The van der Waals surface area contributed by atoms with E-state index in [1.165, 1.54) is 0 Å². The molecule has 20 heteroatoms. The van der Waals surface area contributed by atoms with Gasteiger partial charge in [-0.05, 0) is 0 Å². The van der Waals surface area contributed by atoms with Crippen molar-refractivity contribution in [3.8, 4) is 0 Å². The number of carbonyl (C=O) groups excluding carboxylic acids is 6. The number of carbonyl (C=O) groups is 6. The Hall–Kier alpha value is -1.23. The van der Waals surface area contributed by atoms with E-state index in [0.29, 0.717) is 0 Å². The minimum Gasteiger partial charge on any atom is -0.547 e. The number of aliphatic carboxylic acids is 6. The molecule has 6 atom stereocenters. The molecule has 0 radical (unpaired) electrons. The van der Waals surface area contributed by atoms with E-state index in [9.17, 15) is 59.4 Å². The van der Waals surface area contributed by atoms with E-state index in [2.05, 4.69) is 0 Å². The summed E-state index contributed by atoms with van der Waals surface area (Å²) in [6.45, 7) is 0. The summed E-state index contributed by atoms with van der Waals surface area (Å²) in [5, 5.41) is 107. The van der Waals surface area contributed by atoms with Gasteiger partial charge < -0.3 is 90.0 Å². The van der Waals surface area contributed by atoms with E-state index in [1.54, 1.807) is 0 Å². The number of hydrogen-bond donors (Lipinski definition) is 6. The van der Waals surface area contributed by atoms with Crippen molar-refractivity contribution in [3.63, 3.8) is 0 Å². The second-order valence-corrected chi connectivity index (χ2v) is 4.58. The van der Waals surface area contributed by atoms with Crippen LogP contribution in [0.3, 0.4) is 0 Å². The molecule has 0 aliphatic rings. The van der Waals surface area contributed by atoms with Crippen LogP contribution in [0.5, 0.6) is 0 Å². The zero-order chi connectivity index (χ0) is 24.9. The van der Waals surface area contributed by atoms with Crippen molar-refractivity contribution >= 4 is 81.3 Å². The van der Waals surface area contributed by atoms with Crippen LogP contribution in [0.4, 0.5) is 0 Å². The van der Waals surface area contributed by atoms with Gasteiger partial charge in [0, 0.05) is 0 Å². The standard InChI is InChI=1S/3C4H6O6.Sr.Ti/c3*5-1(3(7)8)2(6)4(9)10;;/h3*1-2,5-6H,(H,7,8)(H,9,10);;/q;;;+2;+4/p-6. The Balaban J connectivity index is -0.000000110. The smallest absolute Gasteiger partial charge is 0.547 e. The Morgan fingerprint density at radius 3 is 0.469 bits per heavy atom. The summed E-state index contributed by atoms with van der Waals surface area (Å²) in [6, 6.07) is 0. The van der Waals surface area contributed by atoms with Gasteiger partial charge in [0.05, 0.1) is 35.8 Å². The van der Waals surface area contributed by atoms with E-state index in [0.717, 1.165) is 0 Å². The summed E-state index contributed by atoms with van der Waals surface area (Å²) in [5.74, 6) is -12.4. The number of rotatable bonds is 9. The van der Waals surface area contributed by atoms with Crippen LogP contribution in [-0.2, 0) is 50.5 Å². The summed E-state index contributed by atoms with van der Waals surface area (Å²) in [6.07, 6.45) is -14.6. The molecule has 0 aromatic carbocycles. The molecule has 32 heavy (non-hydrogen) atoms. The number of carboxylic acid groups (broad SMARTS) is 6. The van der Waals surface area contributed by atoms with Gasteiger partial charge in [-0.3, -0.25) is 0 Å². The quantitative estimate of drug-likeness (QED) is 0.138. The first-order valence-electron chi connectivity index (χ1n) is 6.73. The first-order chi connectivity index (χ1) is 13.4. The van der Waals surface area contributed by atoms with Crippen LogP contribution in [0, 0.1) is 0 Å². The third-order valence-corrected chi connectivity index (χ3v) is 2.35. The largest absolute Gasteiger partial charge is 4.00 e. The van der Waals surface area contributed by atoms with Gasteiger partial charge in [0.25, 0.3) is 0 Å². The molecule has 0 bridgehead atoms. The fourth-order valence-electron chi connectivity index (χ4n) is 0.773. The van der Waals surface area contributed by atoms with Gasteiger partial charge in [0.1, 0.15) is 36.6 Å². The van der Waals surface area contributed by atoms with Crippen molar-refractivity contribution in [2.75, 3.05) is 0 Å². The van der Waals surface area contributed by atoms with Gasteiger partial charge in [-0.1, -0.05) is 0 Å². The maximum Gasteiger partial charge on any atom is 4.00 e. The molecule has 6 N–H and O–H groups in total. The van der Waals surface area contributed by atoms with Gasteiger partial charge in [0.15, 0.2) is 0 Å². The monoisotopic (exact) mass is 580 g/mol. The fraction of sp³-hybridized carbons (Fsp3) is 0.500. The van der Waals surface area contributed by atoms with E-state index in [-0.39, 0.29) is 67.2 Å². The van der Waals surface area contributed by atoms with Crippen LogP contribution in [0.2, 0.25) is 0 Å². The molecule has 174 valence electrons. The van der Waals surface area contributed by atoms with Crippen molar-refractivity contribution < 1.29 is 112 Å². The molecule has 0 saturated heterocycles. The molecule has 0 rings (SSSR count). The SMILES string of the molecule is O=C([O-])C(O)C(O)C(=O)[O-].O=C([O-])C(O)C(O)C(=O)[O-].O=C([O-])C(O)C(O)C(=O)[O-].[Sr+2].[Ti+4]. The molecular formula is C12H12O18SrTi. The van der Waals surface area contributed by atoms with Gasteiger partial charge >= 0.3 is 67.2 Å². The average Bonchev–Trinajstić information content (AvgIpc) is 2.64. The summed E-state index contributed by atoms with van der Waals surface area (Å²) < 4.78 is 0. The fourth-order valence-corrected chi connectivity index (χ4v) is 0.773. The Bertz CT molecular complexity index is 500. The minimum absolute atomic E-state index is 0. The number of aliphatic hydroxyl groups excluding tert-OH is 6. The zero-order valence-electron chi connectivity index (χ0n) is 15.3. The van der Waals surface area contributed by atoms with Crippen molar-refractivity contribution in [3.05, 3.63) is 0 Å². The Morgan fingerprint density at radius 1 is 0.375 bits per heavy atom. The molecule has 0 aliphatic carbocycles. The first kappa shape index (κ1) is 41.1. The van der Waals surface area contributed by atoms with Crippen LogP contribution in [0.15, 0.2) is 0 Å². The Morgan fingerprint density at radius 2 is 0.438 bits per heavy atom. The third-order valence-electron chi connectivity index (χ3n) is 2.35. The molecule has 0 fully saturated rings. The van der Waals surface area contributed by atoms with Gasteiger partial charge in [-0.2, -0.15) is 0 Å². The topological polar surface area (TPSA) is 362 Å². The van der Waals surface area contributed by atoms with Crippen molar-refractivity contribution in [2.24, 2.45) is 0 Å². The van der Waals surface area contributed by atoms with Crippen molar-refractivity contribution in [1.82, 2.24) is 0 Å². The van der Waals surface area contributed by atoms with E-state index in [4.69, 9.17) is 30.6 Å². The van der Waals surface area contributed by atoms with Crippen LogP contribution in [0.25, 0.3) is 0 Å². The van der Waals surface area contributed by atoms with E-state index >= 15 is 0 Å². The maximum atomic E-state index is 9.63. The van der Waals surface area contributed by atoms with E-state index < -0.39 is 72.4 Å². The Labute approximate surface area is 228 Å². The summed E-state index contributed by atoms with van der Waals surface area (Å²) in [4.78, 5) is 57.8. The minimum atomic E-state index is -2.44. The van der Waals surface area contributed by atoms with Crippen molar-refractivity contribution in [2.45, 2.75) is 36.6 Å². The third kappa shape index (κ3) is 18.4. The van der Waals surface area contributed by atoms with Crippen molar-refractivity contribution in [1.29, 1.82) is 0 Å². The maximum absolute atomic E-state index is 9.63. The van der Waals surface area contributed by atoms with E-state index in [1.807, 2.05) is 0 Å². The van der Waals surface area contributed by atoms with Gasteiger partial charge in [0.2, 0.25) is 0 Å². The average molecular weight is 580 g/mol. The first-order valence-corrected chi connectivity index (χ1v) is 6.73. The molecular weight excluding hydrogens is 568 g/mol. The molecule has 18 nitrogen and oxygen atoms in total. The van der Waals surface area contributed by atoms with Crippen LogP contribution < -0.4 is 30.6 Å². The van der Waals surface area contributed by atoms with Crippen LogP contribution in [-0.4, -0.2) is 149 Å². The second kappa shape index (κ2) is 20.4.